The van der Waals surface area contributed by atoms with Gasteiger partial charge in [0.15, 0.2) is 0 Å². The van der Waals surface area contributed by atoms with Gasteiger partial charge < -0.3 is 10.1 Å². The fraction of sp³-hybridized carbons (Fsp3) is 0.294. The number of halogens is 1. The zero-order valence-electron chi connectivity index (χ0n) is 12.2. The van der Waals surface area contributed by atoms with E-state index < -0.39 is 0 Å². The summed E-state index contributed by atoms with van der Waals surface area (Å²) in [6, 6.07) is 12.4. The third-order valence-corrected chi connectivity index (χ3v) is 3.83. The van der Waals surface area contributed by atoms with Crippen molar-refractivity contribution in [2.24, 2.45) is 0 Å². The van der Waals surface area contributed by atoms with Crippen LogP contribution in [0.3, 0.4) is 0 Å². The van der Waals surface area contributed by atoms with Gasteiger partial charge in [-0.3, -0.25) is 0 Å². The zero-order valence-corrected chi connectivity index (χ0v) is 13.8. The molecule has 0 atom stereocenters. The van der Waals surface area contributed by atoms with E-state index in [1.54, 1.807) is 0 Å². The Morgan fingerprint density at radius 3 is 2.35 bits per heavy atom. The molecule has 0 unspecified atom stereocenters. The first-order chi connectivity index (χ1) is 9.58. The Labute approximate surface area is 129 Å². The standard InChI is InChI=1S/C17H20BrNO/c1-12-10-13(2)17(14(3)11-12)20-9-8-19-16-7-5-4-6-15(16)18/h4-7,10-11,19H,8-9H2,1-3H3. The van der Waals surface area contributed by atoms with Crippen molar-refractivity contribution < 1.29 is 4.74 Å². The molecule has 0 bridgehead atoms. The second-order valence-corrected chi connectivity index (χ2v) is 5.84. The van der Waals surface area contributed by atoms with E-state index in [0.717, 1.165) is 22.5 Å². The monoisotopic (exact) mass is 333 g/mol. The third-order valence-electron chi connectivity index (χ3n) is 3.14. The van der Waals surface area contributed by atoms with Crippen molar-refractivity contribution in [2.45, 2.75) is 20.8 Å². The largest absolute Gasteiger partial charge is 0.491 e. The Balaban J connectivity index is 1.90. The number of rotatable bonds is 5. The predicted molar refractivity (Wildman–Crippen MR) is 88.8 cm³/mol. The van der Waals surface area contributed by atoms with Crippen LogP contribution in [0, 0.1) is 20.8 Å². The molecule has 0 amide bonds. The minimum atomic E-state index is 0.645. The molecule has 0 heterocycles. The van der Waals surface area contributed by atoms with Crippen LogP contribution in [0.2, 0.25) is 0 Å². The smallest absolute Gasteiger partial charge is 0.125 e. The lowest BCUT2D eigenvalue weighted by atomic mass is 10.1. The van der Waals surface area contributed by atoms with Gasteiger partial charge >= 0.3 is 0 Å². The summed E-state index contributed by atoms with van der Waals surface area (Å²) < 4.78 is 6.98. The number of hydrogen-bond acceptors (Lipinski definition) is 2. The molecule has 106 valence electrons. The van der Waals surface area contributed by atoms with Crippen molar-refractivity contribution in [3.8, 4) is 5.75 Å². The van der Waals surface area contributed by atoms with E-state index in [0.29, 0.717) is 6.61 Å². The Kier molecular flexibility index (Phi) is 5.07. The molecule has 0 spiro atoms. The molecule has 3 heteroatoms. The Morgan fingerprint density at radius 1 is 1.05 bits per heavy atom. The number of para-hydroxylation sites is 1. The van der Waals surface area contributed by atoms with Gasteiger partial charge in [0.2, 0.25) is 0 Å². The number of ether oxygens (including phenoxy) is 1. The highest BCUT2D eigenvalue weighted by atomic mass is 79.9. The van der Waals surface area contributed by atoms with Crippen LogP contribution in [0.5, 0.6) is 5.75 Å². The van der Waals surface area contributed by atoms with Crippen LogP contribution in [-0.2, 0) is 0 Å². The number of anilines is 1. The molecule has 0 aliphatic carbocycles. The van der Waals surface area contributed by atoms with Crippen LogP contribution >= 0.6 is 15.9 Å². The summed E-state index contributed by atoms with van der Waals surface area (Å²) in [5.74, 6) is 1.00. The summed E-state index contributed by atoms with van der Waals surface area (Å²) in [6.07, 6.45) is 0. The maximum atomic E-state index is 5.91. The highest BCUT2D eigenvalue weighted by Crippen LogP contribution is 2.24. The van der Waals surface area contributed by atoms with E-state index in [9.17, 15) is 0 Å². The van der Waals surface area contributed by atoms with Crippen molar-refractivity contribution in [3.05, 3.63) is 57.6 Å². The first kappa shape index (κ1) is 14.9. The highest BCUT2D eigenvalue weighted by Gasteiger charge is 2.05. The molecule has 20 heavy (non-hydrogen) atoms. The van der Waals surface area contributed by atoms with E-state index in [1.165, 1.54) is 16.7 Å². The van der Waals surface area contributed by atoms with Gasteiger partial charge in [0.1, 0.15) is 12.4 Å². The normalized spacial score (nSPS) is 10.4. The van der Waals surface area contributed by atoms with Gasteiger partial charge in [0.25, 0.3) is 0 Å². The van der Waals surface area contributed by atoms with E-state index in [2.05, 4.69) is 54.2 Å². The van der Waals surface area contributed by atoms with Gasteiger partial charge in [-0.2, -0.15) is 0 Å². The van der Waals surface area contributed by atoms with Gasteiger partial charge in [-0.05, 0) is 60.0 Å². The van der Waals surface area contributed by atoms with E-state index in [4.69, 9.17) is 4.74 Å². The molecule has 2 nitrogen and oxygen atoms in total. The van der Waals surface area contributed by atoms with Crippen LogP contribution in [0.15, 0.2) is 40.9 Å². The summed E-state index contributed by atoms with van der Waals surface area (Å²) in [5, 5.41) is 3.36. The average Bonchev–Trinajstić information content (AvgIpc) is 2.38. The Hall–Kier alpha value is -1.48. The maximum Gasteiger partial charge on any atom is 0.125 e. The lowest BCUT2D eigenvalue weighted by molar-refractivity contribution is 0.328. The van der Waals surface area contributed by atoms with Crippen molar-refractivity contribution in [1.82, 2.24) is 0 Å². The summed E-state index contributed by atoms with van der Waals surface area (Å²) >= 11 is 3.52. The van der Waals surface area contributed by atoms with Gasteiger partial charge in [-0.15, -0.1) is 0 Å². The molecule has 0 saturated heterocycles. The minimum absolute atomic E-state index is 0.645. The molecular weight excluding hydrogens is 314 g/mol. The summed E-state index contributed by atoms with van der Waals surface area (Å²) in [6.45, 7) is 7.72. The molecule has 2 aromatic carbocycles. The molecular formula is C17H20BrNO. The van der Waals surface area contributed by atoms with Crippen LogP contribution in [0.1, 0.15) is 16.7 Å². The summed E-state index contributed by atoms with van der Waals surface area (Å²) in [4.78, 5) is 0. The Morgan fingerprint density at radius 2 is 1.70 bits per heavy atom. The van der Waals surface area contributed by atoms with Crippen LogP contribution < -0.4 is 10.1 Å². The molecule has 0 radical (unpaired) electrons. The molecule has 0 fully saturated rings. The van der Waals surface area contributed by atoms with E-state index in [-0.39, 0.29) is 0 Å². The number of benzene rings is 2. The number of aryl methyl sites for hydroxylation is 3. The highest BCUT2D eigenvalue weighted by molar-refractivity contribution is 9.10. The third kappa shape index (κ3) is 3.76. The minimum Gasteiger partial charge on any atom is -0.491 e. The second-order valence-electron chi connectivity index (χ2n) is 4.98. The van der Waals surface area contributed by atoms with Crippen LogP contribution in [0.4, 0.5) is 5.69 Å². The molecule has 2 rings (SSSR count). The van der Waals surface area contributed by atoms with Gasteiger partial charge in [0.05, 0.1) is 0 Å². The molecule has 0 saturated carbocycles. The van der Waals surface area contributed by atoms with Crippen molar-refractivity contribution in [3.63, 3.8) is 0 Å². The molecule has 0 aliphatic heterocycles. The summed E-state index contributed by atoms with van der Waals surface area (Å²) in [7, 11) is 0. The lowest BCUT2D eigenvalue weighted by Crippen LogP contribution is -2.12. The van der Waals surface area contributed by atoms with Gasteiger partial charge in [0, 0.05) is 16.7 Å². The first-order valence-electron chi connectivity index (χ1n) is 6.77. The molecule has 1 N–H and O–H groups in total. The first-order valence-corrected chi connectivity index (χ1v) is 7.56. The number of hydrogen-bond donors (Lipinski definition) is 1. The van der Waals surface area contributed by atoms with E-state index >= 15 is 0 Å². The molecule has 0 aliphatic rings. The summed E-state index contributed by atoms with van der Waals surface area (Å²) in [5.41, 5.74) is 4.76. The van der Waals surface area contributed by atoms with Crippen LogP contribution in [-0.4, -0.2) is 13.2 Å². The topological polar surface area (TPSA) is 21.3 Å². The van der Waals surface area contributed by atoms with Crippen molar-refractivity contribution >= 4 is 21.6 Å². The fourth-order valence-electron chi connectivity index (χ4n) is 2.34. The SMILES string of the molecule is Cc1cc(C)c(OCCNc2ccccc2Br)c(C)c1. The maximum absolute atomic E-state index is 5.91. The Bertz CT molecular complexity index is 572. The fourth-order valence-corrected chi connectivity index (χ4v) is 2.76. The number of nitrogens with one attached hydrogen (secondary N) is 1. The van der Waals surface area contributed by atoms with Gasteiger partial charge in [-0.1, -0.05) is 29.8 Å². The van der Waals surface area contributed by atoms with Crippen LogP contribution in [0.25, 0.3) is 0 Å². The molecule has 0 aromatic heterocycles. The van der Waals surface area contributed by atoms with Gasteiger partial charge in [-0.25, -0.2) is 0 Å². The molecule has 2 aromatic rings. The lowest BCUT2D eigenvalue weighted by Gasteiger charge is -2.14. The van der Waals surface area contributed by atoms with Crippen molar-refractivity contribution in [2.75, 3.05) is 18.5 Å². The quantitative estimate of drug-likeness (QED) is 0.788. The van der Waals surface area contributed by atoms with Crippen molar-refractivity contribution in [1.29, 1.82) is 0 Å². The van der Waals surface area contributed by atoms with E-state index in [1.807, 2.05) is 24.3 Å². The average molecular weight is 334 g/mol. The zero-order chi connectivity index (χ0) is 14.5. The predicted octanol–water partition coefficient (Wildman–Crippen LogP) is 4.87. The second kappa shape index (κ2) is 6.80.